The van der Waals surface area contributed by atoms with Gasteiger partial charge in [0.1, 0.15) is 5.41 Å². The summed E-state index contributed by atoms with van der Waals surface area (Å²) in [5.41, 5.74) is 13.9. The number of fused-ring (bicyclic) bond motifs is 8. The number of pyridine rings is 2. The number of para-hydroxylation sites is 1. The highest BCUT2D eigenvalue weighted by atomic mass is 15.1. The molecule has 1 aliphatic carbocycles. The normalized spacial score (nSPS) is 18.9. The van der Waals surface area contributed by atoms with Crippen LogP contribution in [0.2, 0.25) is 0 Å². The van der Waals surface area contributed by atoms with Crippen molar-refractivity contribution in [2.75, 3.05) is 0 Å². The second-order valence-corrected chi connectivity index (χ2v) is 17.6. The van der Waals surface area contributed by atoms with Crippen LogP contribution >= 0.6 is 0 Å². The van der Waals surface area contributed by atoms with Gasteiger partial charge in [0.05, 0.1) is 16.3 Å². The maximum absolute atomic E-state index is 2.72. The molecule has 0 bridgehead atoms. The van der Waals surface area contributed by atoms with Gasteiger partial charge in [0.25, 0.3) is 0 Å². The van der Waals surface area contributed by atoms with E-state index in [9.17, 15) is 0 Å². The molecule has 2 nitrogen and oxygen atoms in total. The molecule has 48 heavy (non-hydrogen) atoms. The van der Waals surface area contributed by atoms with Crippen molar-refractivity contribution in [1.29, 1.82) is 0 Å². The summed E-state index contributed by atoms with van der Waals surface area (Å²) in [6, 6.07) is 35.8. The average Bonchev–Trinajstić information content (AvgIpc) is 3.29. The van der Waals surface area contributed by atoms with E-state index in [2.05, 4.69) is 162 Å². The van der Waals surface area contributed by atoms with Gasteiger partial charge in [-0.2, -0.15) is 9.13 Å². The van der Waals surface area contributed by atoms with Gasteiger partial charge in [-0.25, -0.2) is 0 Å². The second kappa shape index (κ2) is 8.72. The van der Waals surface area contributed by atoms with Gasteiger partial charge >= 0.3 is 0 Å². The van der Waals surface area contributed by atoms with Crippen molar-refractivity contribution in [3.05, 3.63) is 131 Å². The molecule has 0 N–H and O–H groups in total. The summed E-state index contributed by atoms with van der Waals surface area (Å²) in [6.07, 6.45) is 2.46. The third-order valence-corrected chi connectivity index (χ3v) is 12.4. The third kappa shape index (κ3) is 3.39. The van der Waals surface area contributed by atoms with E-state index in [0.29, 0.717) is 0 Å². The third-order valence-electron chi connectivity index (χ3n) is 12.4. The van der Waals surface area contributed by atoms with Crippen LogP contribution in [0.3, 0.4) is 0 Å². The summed E-state index contributed by atoms with van der Waals surface area (Å²) >= 11 is 0. The molecule has 10 rings (SSSR count). The fourth-order valence-corrected chi connectivity index (χ4v) is 9.81. The monoisotopic (exact) mass is 624 g/mol. The SMILES string of the molecule is CC(C)(C)c1ccc2c(c1)C1(C[n+]3cc(C(C)(C)C)ccc3-2)C[n+]2c3ccccc3cc3c4cccc5c4c4c(ccc1c4c32)C5(C)C. The molecule has 2 heteroatoms. The van der Waals surface area contributed by atoms with E-state index in [-0.39, 0.29) is 21.7 Å². The minimum atomic E-state index is -0.257. The highest BCUT2D eigenvalue weighted by Gasteiger charge is 2.54. The zero-order valence-corrected chi connectivity index (χ0v) is 29.5. The molecule has 1 spiro atoms. The van der Waals surface area contributed by atoms with Crippen molar-refractivity contribution in [3.8, 4) is 11.3 Å². The van der Waals surface area contributed by atoms with Crippen LogP contribution < -0.4 is 9.13 Å². The number of rotatable bonds is 0. The summed E-state index contributed by atoms with van der Waals surface area (Å²) in [5, 5.41) is 8.49. The van der Waals surface area contributed by atoms with Crippen LogP contribution in [0.1, 0.15) is 88.8 Å². The number of hydrogen-bond acceptors (Lipinski definition) is 0. The van der Waals surface area contributed by atoms with E-state index in [0.717, 1.165) is 13.1 Å². The van der Waals surface area contributed by atoms with E-state index in [1.54, 1.807) is 0 Å². The Kier molecular flexibility index (Phi) is 5.17. The minimum absolute atomic E-state index is 0.0450. The lowest BCUT2D eigenvalue weighted by molar-refractivity contribution is -0.717. The number of hydrogen-bond donors (Lipinski definition) is 0. The number of nitrogens with zero attached hydrogens (tertiary/aromatic N) is 2. The van der Waals surface area contributed by atoms with Crippen molar-refractivity contribution in [1.82, 2.24) is 0 Å². The first kappa shape index (κ1) is 28.5. The fourth-order valence-electron chi connectivity index (χ4n) is 9.81. The van der Waals surface area contributed by atoms with E-state index in [4.69, 9.17) is 0 Å². The zero-order valence-electron chi connectivity index (χ0n) is 29.5. The van der Waals surface area contributed by atoms with Crippen molar-refractivity contribution in [2.24, 2.45) is 0 Å². The first-order chi connectivity index (χ1) is 22.8. The van der Waals surface area contributed by atoms with Crippen LogP contribution in [-0.2, 0) is 34.7 Å². The lowest BCUT2D eigenvalue weighted by Gasteiger charge is -2.39. The molecule has 236 valence electrons. The number of benzene rings is 5. The van der Waals surface area contributed by atoms with Crippen LogP contribution in [0.15, 0.2) is 97.2 Å². The largest absolute Gasteiger partial charge is 0.221 e. The lowest BCUT2D eigenvalue weighted by Crippen LogP contribution is -2.60. The Labute approximate surface area is 283 Å². The summed E-state index contributed by atoms with van der Waals surface area (Å²) in [5.74, 6) is 0. The predicted molar refractivity (Wildman–Crippen MR) is 199 cm³/mol. The van der Waals surface area contributed by atoms with Crippen molar-refractivity contribution in [3.63, 3.8) is 0 Å². The molecular weight excluding hydrogens is 581 g/mol. The molecule has 2 aromatic heterocycles. The molecule has 2 aliphatic heterocycles. The minimum Gasteiger partial charge on any atom is -0.196 e. The maximum atomic E-state index is 2.72. The van der Waals surface area contributed by atoms with Gasteiger partial charge in [-0.05, 0) is 73.7 Å². The molecule has 3 aliphatic rings. The second-order valence-electron chi connectivity index (χ2n) is 17.6. The van der Waals surface area contributed by atoms with Crippen LogP contribution in [0.5, 0.6) is 0 Å². The van der Waals surface area contributed by atoms with Gasteiger partial charge < -0.3 is 0 Å². The van der Waals surface area contributed by atoms with Gasteiger partial charge in [-0.1, -0.05) is 110 Å². The topological polar surface area (TPSA) is 7.76 Å². The summed E-state index contributed by atoms with van der Waals surface area (Å²) in [7, 11) is 0. The Hall–Kier alpha value is -4.56. The van der Waals surface area contributed by atoms with Crippen molar-refractivity contribution < 1.29 is 9.13 Å². The quantitative estimate of drug-likeness (QED) is 0.0901. The summed E-state index contributed by atoms with van der Waals surface area (Å²) in [4.78, 5) is 0. The van der Waals surface area contributed by atoms with Crippen LogP contribution in [-0.4, -0.2) is 0 Å². The van der Waals surface area contributed by atoms with Crippen LogP contribution in [0.4, 0.5) is 0 Å². The highest BCUT2D eigenvalue weighted by Crippen LogP contribution is 2.56. The fraction of sp³-hybridized carbons (Fsp3) is 0.304. The van der Waals surface area contributed by atoms with E-state index < -0.39 is 0 Å². The predicted octanol–water partition coefficient (Wildman–Crippen LogP) is 10.1. The van der Waals surface area contributed by atoms with E-state index >= 15 is 0 Å². The molecule has 1 atom stereocenters. The molecule has 7 aromatic rings. The average molecular weight is 625 g/mol. The van der Waals surface area contributed by atoms with Gasteiger partial charge in [-0.15, -0.1) is 0 Å². The molecular formula is C46H44N2+2. The van der Waals surface area contributed by atoms with E-state index in [1.165, 1.54) is 88.0 Å². The van der Waals surface area contributed by atoms with Gasteiger partial charge in [0.15, 0.2) is 19.3 Å². The van der Waals surface area contributed by atoms with Gasteiger partial charge in [0, 0.05) is 33.9 Å². The zero-order chi connectivity index (χ0) is 33.1. The Morgan fingerprint density at radius 3 is 2.10 bits per heavy atom. The molecule has 0 fully saturated rings. The first-order valence-corrected chi connectivity index (χ1v) is 17.8. The molecule has 0 radical (unpaired) electrons. The van der Waals surface area contributed by atoms with Crippen LogP contribution in [0.25, 0.3) is 54.6 Å². The van der Waals surface area contributed by atoms with Gasteiger partial charge in [-0.3, -0.25) is 0 Å². The standard InChI is InChI=1S/C46H44N2/c1-43(2,3)28-16-18-31-36(23-28)46(25-47-24-29(44(4,5)6)17-21-38(31)47)26-48-37-15-10-9-12-27(37)22-32-30-13-11-14-33-39(30)40-34(45(33,7)8)19-20-35(46)41(40)42(32)48/h9-24H,25-26H2,1-8H3/q+2. The molecule has 4 heterocycles. The maximum Gasteiger partial charge on any atom is 0.221 e. The van der Waals surface area contributed by atoms with Crippen molar-refractivity contribution >= 4 is 43.4 Å². The van der Waals surface area contributed by atoms with Crippen LogP contribution in [0, 0.1) is 0 Å². The summed E-state index contributed by atoms with van der Waals surface area (Å²) < 4.78 is 5.32. The van der Waals surface area contributed by atoms with E-state index in [1.807, 2.05) is 0 Å². The molecule has 1 unspecified atom stereocenters. The lowest BCUT2D eigenvalue weighted by atomic mass is 9.65. The number of aromatic nitrogens is 2. The summed E-state index contributed by atoms with van der Waals surface area (Å²) in [6.45, 7) is 20.7. The molecule has 0 saturated heterocycles. The molecule has 5 aromatic carbocycles. The van der Waals surface area contributed by atoms with Gasteiger partial charge in [0.2, 0.25) is 16.7 Å². The smallest absolute Gasteiger partial charge is 0.196 e. The van der Waals surface area contributed by atoms with Crippen molar-refractivity contribution in [2.45, 2.75) is 90.1 Å². The Morgan fingerprint density at radius 1 is 0.583 bits per heavy atom. The Morgan fingerprint density at radius 2 is 1.31 bits per heavy atom. The Bertz CT molecular complexity index is 2610. The molecule has 0 amide bonds. The first-order valence-electron chi connectivity index (χ1n) is 17.8. The molecule has 0 saturated carbocycles. The highest BCUT2D eigenvalue weighted by molar-refractivity contribution is 6.29. The Balaban J connectivity index is 1.43.